The second-order valence-corrected chi connectivity index (χ2v) is 7.67. The molecule has 142 valence electrons. The van der Waals surface area contributed by atoms with Crippen molar-refractivity contribution < 1.29 is 18.1 Å². The second-order valence-electron chi connectivity index (χ2n) is 5.95. The van der Waals surface area contributed by atoms with Gasteiger partial charge in [0.2, 0.25) is 10.0 Å². The van der Waals surface area contributed by atoms with Crippen LogP contribution in [0, 0.1) is 16.0 Å². The Labute approximate surface area is 153 Å². The Balaban J connectivity index is 0.00000312. The zero-order chi connectivity index (χ0) is 17.7. The van der Waals surface area contributed by atoms with Crippen LogP contribution in [0.2, 0.25) is 0 Å². The monoisotopic (exact) mass is 393 g/mol. The van der Waals surface area contributed by atoms with Crippen molar-refractivity contribution in [1.29, 1.82) is 0 Å². The molecule has 10 heteroatoms. The number of nitro groups is 1. The van der Waals surface area contributed by atoms with E-state index in [1.165, 1.54) is 19.6 Å². The van der Waals surface area contributed by atoms with Gasteiger partial charge in [0.25, 0.3) is 0 Å². The predicted molar refractivity (Wildman–Crippen MR) is 96.6 cm³/mol. The fourth-order valence-corrected chi connectivity index (χ4v) is 4.45. The molecule has 2 rings (SSSR count). The first-order valence-electron chi connectivity index (χ1n) is 7.94. The van der Waals surface area contributed by atoms with E-state index < -0.39 is 14.9 Å². The molecule has 25 heavy (non-hydrogen) atoms. The van der Waals surface area contributed by atoms with Gasteiger partial charge < -0.3 is 10.5 Å². The second kappa shape index (κ2) is 9.33. The number of benzene rings is 1. The summed E-state index contributed by atoms with van der Waals surface area (Å²) in [5.74, 6) is 0.128. The standard InChI is InChI=1S/C15H23N3O5S.ClH/c1-23-15-9-12(7-8-14(15)18(19)20)24(21,22)17-13(10-16)11-5-3-2-4-6-11;/h7-9,11,13,17H,2-6,10,16H2,1H3;1H. The van der Waals surface area contributed by atoms with Crippen molar-refractivity contribution in [2.75, 3.05) is 13.7 Å². The molecule has 8 nitrogen and oxygen atoms in total. The molecule has 0 aromatic heterocycles. The van der Waals surface area contributed by atoms with E-state index in [-0.39, 0.29) is 47.2 Å². The smallest absolute Gasteiger partial charge is 0.310 e. The molecule has 0 heterocycles. The lowest BCUT2D eigenvalue weighted by Gasteiger charge is -2.29. The lowest BCUT2D eigenvalue weighted by Crippen LogP contribution is -2.45. The molecule has 0 spiro atoms. The van der Waals surface area contributed by atoms with Gasteiger partial charge in [-0.1, -0.05) is 19.3 Å². The van der Waals surface area contributed by atoms with E-state index in [0.29, 0.717) is 0 Å². The summed E-state index contributed by atoms with van der Waals surface area (Å²) in [6.45, 7) is 0.216. The minimum Gasteiger partial charge on any atom is -0.490 e. The van der Waals surface area contributed by atoms with Crippen LogP contribution in [0.3, 0.4) is 0 Å². The van der Waals surface area contributed by atoms with Gasteiger partial charge in [-0.3, -0.25) is 10.1 Å². The Morgan fingerprint density at radius 2 is 2.00 bits per heavy atom. The maximum atomic E-state index is 12.6. The van der Waals surface area contributed by atoms with Crippen molar-refractivity contribution in [3.8, 4) is 5.75 Å². The molecule has 1 aromatic carbocycles. The van der Waals surface area contributed by atoms with Gasteiger partial charge in [0, 0.05) is 24.7 Å². The molecule has 1 aliphatic rings. The van der Waals surface area contributed by atoms with Crippen LogP contribution in [-0.4, -0.2) is 33.0 Å². The number of ether oxygens (including phenoxy) is 1. The lowest BCUT2D eigenvalue weighted by molar-refractivity contribution is -0.385. The van der Waals surface area contributed by atoms with Crippen LogP contribution in [0.25, 0.3) is 0 Å². The summed E-state index contributed by atoms with van der Waals surface area (Å²) in [6, 6.07) is 3.16. The van der Waals surface area contributed by atoms with Crippen LogP contribution < -0.4 is 15.2 Å². The number of sulfonamides is 1. The number of hydrogen-bond acceptors (Lipinski definition) is 6. The van der Waals surface area contributed by atoms with Crippen LogP contribution in [0.4, 0.5) is 5.69 Å². The van der Waals surface area contributed by atoms with Gasteiger partial charge in [-0.25, -0.2) is 13.1 Å². The lowest BCUT2D eigenvalue weighted by atomic mass is 9.84. The van der Waals surface area contributed by atoms with E-state index in [1.54, 1.807) is 0 Å². The molecule has 0 aliphatic heterocycles. The first kappa shape index (κ1) is 21.6. The van der Waals surface area contributed by atoms with E-state index >= 15 is 0 Å². The maximum Gasteiger partial charge on any atom is 0.310 e. The molecule has 0 radical (unpaired) electrons. The zero-order valence-electron chi connectivity index (χ0n) is 14.0. The largest absolute Gasteiger partial charge is 0.490 e. The number of halogens is 1. The highest BCUT2D eigenvalue weighted by molar-refractivity contribution is 7.89. The summed E-state index contributed by atoms with van der Waals surface area (Å²) in [5, 5.41) is 10.9. The SMILES string of the molecule is COc1cc(S(=O)(=O)NC(CN)C2CCCCC2)ccc1[N+](=O)[O-].Cl. The van der Waals surface area contributed by atoms with Crippen LogP contribution in [0.1, 0.15) is 32.1 Å². The first-order valence-corrected chi connectivity index (χ1v) is 9.42. The van der Waals surface area contributed by atoms with Crippen LogP contribution in [-0.2, 0) is 10.0 Å². The molecule has 1 unspecified atom stereocenters. The van der Waals surface area contributed by atoms with Gasteiger partial charge in [0.05, 0.1) is 16.9 Å². The molecule has 0 amide bonds. The highest BCUT2D eigenvalue weighted by Crippen LogP contribution is 2.30. The van der Waals surface area contributed by atoms with Gasteiger partial charge in [-0.05, 0) is 24.8 Å². The summed E-state index contributed by atoms with van der Waals surface area (Å²) in [6.07, 6.45) is 5.23. The molecule has 1 aromatic rings. The third kappa shape index (κ3) is 5.27. The highest BCUT2D eigenvalue weighted by Gasteiger charge is 2.28. The third-order valence-electron chi connectivity index (χ3n) is 4.44. The number of nitrogens with zero attached hydrogens (tertiary/aromatic N) is 1. The summed E-state index contributed by atoms with van der Waals surface area (Å²) < 4.78 is 32.8. The Hall–Kier alpha value is -1.42. The highest BCUT2D eigenvalue weighted by atomic mass is 35.5. The molecule has 1 saturated carbocycles. The van der Waals surface area contributed by atoms with Gasteiger partial charge in [0.1, 0.15) is 0 Å². The predicted octanol–water partition coefficient (Wildman–Crippen LogP) is 2.21. The van der Waals surface area contributed by atoms with Crippen molar-refractivity contribution >= 4 is 28.1 Å². The molecule has 1 atom stereocenters. The number of rotatable bonds is 7. The molecule has 1 fully saturated rings. The van der Waals surface area contributed by atoms with Crippen LogP contribution in [0.15, 0.2) is 23.1 Å². The van der Waals surface area contributed by atoms with Crippen molar-refractivity contribution in [2.45, 2.75) is 43.0 Å². The summed E-state index contributed by atoms with van der Waals surface area (Å²) in [7, 11) is -2.57. The average Bonchev–Trinajstić information content (AvgIpc) is 2.59. The van der Waals surface area contributed by atoms with Crippen LogP contribution >= 0.6 is 12.4 Å². The zero-order valence-corrected chi connectivity index (χ0v) is 15.6. The summed E-state index contributed by atoms with van der Waals surface area (Å²) in [5.41, 5.74) is 5.49. The molecular weight excluding hydrogens is 370 g/mol. The van der Waals surface area contributed by atoms with E-state index in [1.807, 2.05) is 0 Å². The van der Waals surface area contributed by atoms with Crippen molar-refractivity contribution in [1.82, 2.24) is 4.72 Å². The molecule has 0 saturated heterocycles. The number of nitrogens with two attached hydrogens (primary N) is 1. The number of nitrogens with one attached hydrogen (secondary N) is 1. The topological polar surface area (TPSA) is 125 Å². The van der Waals surface area contributed by atoms with Gasteiger partial charge in [0.15, 0.2) is 5.75 Å². The Morgan fingerprint density at radius 1 is 1.36 bits per heavy atom. The van der Waals surface area contributed by atoms with E-state index in [9.17, 15) is 18.5 Å². The number of methoxy groups -OCH3 is 1. The number of hydrogen-bond donors (Lipinski definition) is 2. The van der Waals surface area contributed by atoms with Gasteiger partial charge in [-0.2, -0.15) is 0 Å². The Morgan fingerprint density at radius 3 is 2.52 bits per heavy atom. The van der Waals surface area contributed by atoms with Crippen molar-refractivity contribution in [2.24, 2.45) is 11.7 Å². The fourth-order valence-electron chi connectivity index (χ4n) is 3.12. The summed E-state index contributed by atoms with van der Waals surface area (Å²) >= 11 is 0. The minimum atomic E-state index is -3.83. The van der Waals surface area contributed by atoms with E-state index in [0.717, 1.165) is 37.8 Å². The number of nitro benzene ring substituents is 1. The fraction of sp³-hybridized carbons (Fsp3) is 0.600. The Bertz CT molecular complexity index is 692. The van der Waals surface area contributed by atoms with Crippen LogP contribution in [0.5, 0.6) is 5.75 Å². The van der Waals surface area contributed by atoms with Gasteiger partial charge in [-0.15, -0.1) is 12.4 Å². The van der Waals surface area contributed by atoms with Gasteiger partial charge >= 0.3 is 5.69 Å². The first-order chi connectivity index (χ1) is 11.4. The summed E-state index contributed by atoms with van der Waals surface area (Å²) in [4.78, 5) is 10.2. The third-order valence-corrected chi connectivity index (χ3v) is 5.93. The quantitative estimate of drug-likeness (QED) is 0.540. The van der Waals surface area contributed by atoms with Crippen molar-refractivity contribution in [3.05, 3.63) is 28.3 Å². The Kier molecular flexibility index (Phi) is 8.07. The van der Waals surface area contributed by atoms with E-state index in [4.69, 9.17) is 10.5 Å². The van der Waals surface area contributed by atoms with Crippen molar-refractivity contribution in [3.63, 3.8) is 0 Å². The molecule has 0 bridgehead atoms. The normalized spacial score (nSPS) is 16.7. The average molecular weight is 394 g/mol. The molecular formula is C15H24ClN3O5S. The molecule has 3 N–H and O–H groups in total. The maximum absolute atomic E-state index is 12.6. The minimum absolute atomic E-state index is 0. The molecule has 1 aliphatic carbocycles. The van der Waals surface area contributed by atoms with E-state index in [2.05, 4.69) is 4.72 Å².